The van der Waals surface area contributed by atoms with Crippen LogP contribution >= 0.6 is 0 Å². The number of anilines is 1. The maximum atomic E-state index is 11.8. The van der Waals surface area contributed by atoms with E-state index in [1.165, 1.54) is 4.90 Å². The second-order valence-corrected chi connectivity index (χ2v) is 9.17. The van der Waals surface area contributed by atoms with Crippen molar-refractivity contribution in [2.75, 3.05) is 18.8 Å². The van der Waals surface area contributed by atoms with Gasteiger partial charge in [-0.1, -0.05) is 54.2 Å². The molecule has 39 heavy (non-hydrogen) atoms. The highest BCUT2D eigenvalue weighted by atomic mass is 16.5. The van der Waals surface area contributed by atoms with Crippen molar-refractivity contribution in [3.8, 4) is 11.6 Å². The summed E-state index contributed by atoms with van der Waals surface area (Å²) in [6.45, 7) is 6.16. The number of imidazole rings is 1. The molecule has 0 radical (unpaired) electrons. The Morgan fingerprint density at radius 1 is 1.10 bits per heavy atom. The highest BCUT2D eigenvalue weighted by Crippen LogP contribution is 2.33. The molecule has 2 amide bonds. The van der Waals surface area contributed by atoms with E-state index >= 15 is 0 Å². The molecule has 5 rings (SSSR count). The number of hydrogen-bond acceptors (Lipinski definition) is 7. The summed E-state index contributed by atoms with van der Waals surface area (Å²) in [6, 6.07) is 17.1. The van der Waals surface area contributed by atoms with Gasteiger partial charge in [-0.15, -0.1) is 0 Å². The number of fused-ring (bicyclic) bond motifs is 3. The Morgan fingerprint density at radius 3 is 2.54 bits per heavy atom. The average molecular weight is 526 g/mol. The normalized spacial score (nSPS) is 11.1. The van der Waals surface area contributed by atoms with Crippen LogP contribution in [-0.2, 0) is 17.9 Å². The van der Waals surface area contributed by atoms with Gasteiger partial charge >= 0.3 is 6.09 Å². The Labute approximate surface area is 223 Å². The smallest absolute Gasteiger partial charge is 0.407 e. The lowest BCUT2D eigenvalue weighted by atomic mass is 10.1. The van der Waals surface area contributed by atoms with Crippen molar-refractivity contribution in [3.05, 3.63) is 84.1 Å². The lowest BCUT2D eigenvalue weighted by Gasteiger charge is -2.20. The molecule has 2 aromatic carbocycles. The van der Waals surface area contributed by atoms with E-state index in [-0.39, 0.29) is 25.5 Å². The first-order valence-electron chi connectivity index (χ1n) is 12.3. The lowest BCUT2D eigenvalue weighted by molar-refractivity contribution is -0.117. The minimum atomic E-state index is -1.07. The van der Waals surface area contributed by atoms with Gasteiger partial charge in [-0.3, -0.25) is 4.79 Å². The monoisotopic (exact) mass is 525 g/mol. The SMILES string of the molecule is C=C(C)C(=O)NCCN(Cc1ccc(Cn2c(-c3ccno3)nc3c(N)nc4ccccc4c32)cc1)C(=O)O. The fourth-order valence-electron chi connectivity index (χ4n) is 4.38. The molecule has 5 aromatic rings. The zero-order valence-corrected chi connectivity index (χ0v) is 21.3. The number of nitrogens with zero attached hydrogens (tertiary/aromatic N) is 5. The number of aromatic nitrogens is 4. The minimum Gasteiger partial charge on any atom is -0.465 e. The number of amides is 2. The zero-order valence-electron chi connectivity index (χ0n) is 21.3. The van der Waals surface area contributed by atoms with Gasteiger partial charge in [0.25, 0.3) is 0 Å². The number of benzene rings is 2. The Kier molecular flexibility index (Phi) is 6.96. The van der Waals surface area contributed by atoms with Crippen LogP contribution in [0.15, 0.2) is 77.5 Å². The Hall–Kier alpha value is -5.19. The van der Waals surface area contributed by atoms with Crippen molar-refractivity contribution in [3.63, 3.8) is 0 Å². The van der Waals surface area contributed by atoms with Crippen LogP contribution in [0, 0.1) is 0 Å². The van der Waals surface area contributed by atoms with Gasteiger partial charge in [-0.25, -0.2) is 14.8 Å². The number of pyridine rings is 1. The van der Waals surface area contributed by atoms with Crippen molar-refractivity contribution < 1.29 is 19.2 Å². The summed E-state index contributed by atoms with van der Waals surface area (Å²) in [5.74, 6) is 1.10. The fraction of sp³-hybridized carbons (Fsp3) is 0.179. The molecule has 11 nitrogen and oxygen atoms in total. The van der Waals surface area contributed by atoms with Crippen molar-refractivity contribution in [1.82, 2.24) is 29.9 Å². The third-order valence-electron chi connectivity index (χ3n) is 6.33. The molecule has 0 bridgehead atoms. The molecule has 198 valence electrons. The van der Waals surface area contributed by atoms with Crippen LogP contribution in [-0.4, -0.2) is 54.8 Å². The molecule has 3 aromatic heterocycles. The molecule has 11 heteroatoms. The van der Waals surface area contributed by atoms with E-state index < -0.39 is 6.09 Å². The molecule has 0 atom stereocenters. The van der Waals surface area contributed by atoms with Crippen molar-refractivity contribution in [1.29, 1.82) is 0 Å². The van der Waals surface area contributed by atoms with E-state index in [2.05, 4.69) is 22.0 Å². The number of para-hydroxylation sites is 1. The van der Waals surface area contributed by atoms with Gasteiger partial charge < -0.3 is 30.1 Å². The molecular formula is C28H27N7O4. The van der Waals surface area contributed by atoms with Crippen molar-refractivity contribution in [2.24, 2.45) is 0 Å². The summed E-state index contributed by atoms with van der Waals surface area (Å²) in [7, 11) is 0. The number of carbonyl (C=O) groups is 2. The molecule has 0 aliphatic heterocycles. The molecule has 4 N–H and O–H groups in total. The molecule has 0 unspecified atom stereocenters. The summed E-state index contributed by atoms with van der Waals surface area (Å²) in [5, 5.41) is 17.0. The van der Waals surface area contributed by atoms with Gasteiger partial charge in [-0.2, -0.15) is 0 Å². The van der Waals surface area contributed by atoms with E-state index in [4.69, 9.17) is 15.2 Å². The number of rotatable bonds is 9. The molecule has 0 saturated heterocycles. The molecule has 0 fully saturated rings. The van der Waals surface area contributed by atoms with E-state index in [0.29, 0.717) is 35.0 Å². The van der Waals surface area contributed by atoms with E-state index in [9.17, 15) is 14.7 Å². The minimum absolute atomic E-state index is 0.153. The largest absolute Gasteiger partial charge is 0.465 e. The number of nitrogens with one attached hydrogen (secondary N) is 1. The average Bonchev–Trinajstić information content (AvgIpc) is 3.58. The standard InChI is InChI=1S/C28H27N7O4/c1-17(2)27(36)30-13-14-34(28(37)38)15-18-7-9-19(10-8-18)16-35-24-20-5-3-4-6-21(20)32-25(29)23(24)33-26(35)22-11-12-31-39-22/h3-12H,1,13-16H2,2H3,(H2,29,32)(H,30,36)(H,37,38). The van der Waals surface area contributed by atoms with Gasteiger partial charge in [0.2, 0.25) is 11.7 Å². The molecular weight excluding hydrogens is 498 g/mol. The first-order chi connectivity index (χ1) is 18.8. The van der Waals surface area contributed by atoms with Gasteiger partial charge in [0, 0.05) is 43.2 Å². The number of hydrogen-bond donors (Lipinski definition) is 3. The van der Waals surface area contributed by atoms with Crippen LogP contribution in [0.3, 0.4) is 0 Å². The van der Waals surface area contributed by atoms with Gasteiger partial charge in [0.15, 0.2) is 11.6 Å². The maximum absolute atomic E-state index is 11.8. The summed E-state index contributed by atoms with van der Waals surface area (Å²) in [6.07, 6.45) is 0.495. The van der Waals surface area contributed by atoms with E-state index in [0.717, 1.165) is 27.5 Å². The predicted octanol–water partition coefficient (Wildman–Crippen LogP) is 4.04. The number of carbonyl (C=O) groups excluding carboxylic acids is 1. The fourth-order valence-corrected chi connectivity index (χ4v) is 4.38. The third kappa shape index (κ3) is 5.28. The first kappa shape index (κ1) is 25.5. The molecule has 0 saturated carbocycles. The molecule has 3 heterocycles. The number of nitrogen functional groups attached to an aromatic ring is 1. The van der Waals surface area contributed by atoms with Crippen LogP contribution in [0.1, 0.15) is 18.1 Å². The zero-order chi connectivity index (χ0) is 27.5. The molecule has 0 spiro atoms. The maximum Gasteiger partial charge on any atom is 0.407 e. The number of nitrogens with two attached hydrogens (primary N) is 1. The Balaban J connectivity index is 1.42. The van der Waals surface area contributed by atoms with Crippen LogP contribution in [0.4, 0.5) is 10.6 Å². The highest BCUT2D eigenvalue weighted by molar-refractivity contribution is 6.07. The summed E-state index contributed by atoms with van der Waals surface area (Å²) in [4.78, 5) is 34.0. The summed E-state index contributed by atoms with van der Waals surface area (Å²) < 4.78 is 7.46. The number of carboxylic acid groups (broad SMARTS) is 1. The molecule has 0 aliphatic carbocycles. The topological polar surface area (TPSA) is 152 Å². The second kappa shape index (κ2) is 10.7. The second-order valence-electron chi connectivity index (χ2n) is 9.17. The van der Waals surface area contributed by atoms with Crippen LogP contribution in [0.5, 0.6) is 0 Å². The van der Waals surface area contributed by atoms with Crippen molar-refractivity contribution >= 4 is 39.8 Å². The van der Waals surface area contributed by atoms with Gasteiger partial charge in [-0.05, 0) is 24.1 Å². The summed E-state index contributed by atoms with van der Waals surface area (Å²) >= 11 is 0. The highest BCUT2D eigenvalue weighted by Gasteiger charge is 2.21. The third-order valence-corrected chi connectivity index (χ3v) is 6.33. The van der Waals surface area contributed by atoms with Crippen molar-refractivity contribution in [2.45, 2.75) is 20.0 Å². The van der Waals surface area contributed by atoms with Crippen LogP contribution in [0.2, 0.25) is 0 Å². The van der Waals surface area contributed by atoms with Crippen LogP contribution in [0.25, 0.3) is 33.5 Å². The Morgan fingerprint density at radius 2 is 1.85 bits per heavy atom. The van der Waals surface area contributed by atoms with E-state index in [1.54, 1.807) is 19.2 Å². The first-order valence-corrected chi connectivity index (χ1v) is 12.3. The lowest BCUT2D eigenvalue weighted by Crippen LogP contribution is -2.37. The predicted molar refractivity (Wildman–Crippen MR) is 147 cm³/mol. The van der Waals surface area contributed by atoms with E-state index in [1.807, 2.05) is 53.1 Å². The van der Waals surface area contributed by atoms with Crippen LogP contribution < -0.4 is 11.1 Å². The van der Waals surface area contributed by atoms with Gasteiger partial charge in [0.05, 0.1) is 17.2 Å². The Bertz CT molecular complexity index is 1670. The molecule has 0 aliphatic rings. The quantitative estimate of drug-likeness (QED) is 0.244. The van der Waals surface area contributed by atoms with Gasteiger partial charge in [0.1, 0.15) is 5.52 Å². The summed E-state index contributed by atoms with van der Waals surface area (Å²) in [5.41, 5.74) is 10.6.